The van der Waals surface area contributed by atoms with Crippen molar-refractivity contribution in [2.24, 2.45) is 0 Å². The van der Waals surface area contributed by atoms with E-state index in [0.29, 0.717) is 16.9 Å². The lowest BCUT2D eigenvalue weighted by Gasteiger charge is -2.15. The number of benzene rings is 2. The van der Waals surface area contributed by atoms with Crippen molar-refractivity contribution in [3.63, 3.8) is 0 Å². The Balaban J connectivity index is 1.78. The molecular formula is C19H16BrFN2O3. The predicted molar refractivity (Wildman–Crippen MR) is 99.3 cm³/mol. The highest BCUT2D eigenvalue weighted by Gasteiger charge is 2.20. The van der Waals surface area contributed by atoms with Crippen molar-refractivity contribution in [2.45, 2.75) is 20.0 Å². The highest BCUT2D eigenvalue weighted by Crippen LogP contribution is 2.32. The van der Waals surface area contributed by atoms with Crippen molar-refractivity contribution in [3.8, 4) is 11.3 Å². The third-order valence-electron chi connectivity index (χ3n) is 3.80. The van der Waals surface area contributed by atoms with Gasteiger partial charge in [-0.05, 0) is 32.0 Å². The fourth-order valence-electron chi connectivity index (χ4n) is 2.50. The molecule has 0 radical (unpaired) electrons. The fraction of sp³-hybridized carbons (Fsp3) is 0.158. The molecule has 0 aliphatic carbocycles. The van der Waals surface area contributed by atoms with E-state index in [2.05, 4.69) is 26.4 Å². The number of aryl methyl sites for hydroxylation is 1. The highest BCUT2D eigenvalue weighted by atomic mass is 79.9. The Morgan fingerprint density at radius 1 is 1.27 bits per heavy atom. The molecule has 26 heavy (non-hydrogen) atoms. The molecule has 134 valence electrons. The standard InChI is InChI=1S/C19H16BrFN2O3/c1-11-17(18(26-23-11)13-6-5-7-14(21)10-13)22-19(24)25-12(2)15-8-3-4-9-16(15)20/h3-10,12H,1-2H3,(H,22,24). The number of anilines is 1. The Bertz CT molecular complexity index is 942. The fourth-order valence-corrected chi connectivity index (χ4v) is 3.11. The van der Waals surface area contributed by atoms with Crippen LogP contribution >= 0.6 is 15.9 Å². The summed E-state index contributed by atoms with van der Waals surface area (Å²) in [7, 11) is 0. The van der Waals surface area contributed by atoms with E-state index >= 15 is 0 Å². The molecule has 0 bridgehead atoms. The first-order valence-corrected chi connectivity index (χ1v) is 8.69. The quantitative estimate of drug-likeness (QED) is 0.575. The number of carbonyl (C=O) groups excluding carboxylic acids is 1. The van der Waals surface area contributed by atoms with Crippen LogP contribution in [0, 0.1) is 12.7 Å². The molecule has 5 nitrogen and oxygen atoms in total. The first-order chi connectivity index (χ1) is 12.5. The number of hydrogen-bond acceptors (Lipinski definition) is 4. The van der Waals surface area contributed by atoms with Gasteiger partial charge in [-0.2, -0.15) is 0 Å². The van der Waals surface area contributed by atoms with Crippen molar-refractivity contribution >= 4 is 27.7 Å². The Morgan fingerprint density at radius 2 is 2.04 bits per heavy atom. The summed E-state index contributed by atoms with van der Waals surface area (Å²) in [6.07, 6.45) is -1.12. The number of hydrogen-bond donors (Lipinski definition) is 1. The average molecular weight is 419 g/mol. The second kappa shape index (κ2) is 7.70. The van der Waals surface area contributed by atoms with Crippen molar-refractivity contribution in [3.05, 3.63) is 70.1 Å². The molecule has 1 unspecified atom stereocenters. The normalized spacial score (nSPS) is 11.8. The van der Waals surface area contributed by atoms with Gasteiger partial charge in [-0.3, -0.25) is 5.32 Å². The molecule has 7 heteroatoms. The van der Waals surface area contributed by atoms with Gasteiger partial charge >= 0.3 is 6.09 Å². The first kappa shape index (κ1) is 18.1. The van der Waals surface area contributed by atoms with Crippen LogP contribution in [0.25, 0.3) is 11.3 Å². The average Bonchev–Trinajstić information content (AvgIpc) is 2.96. The van der Waals surface area contributed by atoms with Crippen LogP contribution in [-0.4, -0.2) is 11.2 Å². The molecule has 3 rings (SSSR count). The van der Waals surface area contributed by atoms with E-state index < -0.39 is 18.0 Å². The molecule has 1 amide bonds. The molecule has 1 heterocycles. The van der Waals surface area contributed by atoms with Crippen LogP contribution in [0.15, 0.2) is 57.5 Å². The van der Waals surface area contributed by atoms with E-state index in [0.717, 1.165) is 10.0 Å². The van der Waals surface area contributed by atoms with Gasteiger partial charge in [0, 0.05) is 15.6 Å². The second-order valence-electron chi connectivity index (χ2n) is 5.68. The van der Waals surface area contributed by atoms with Gasteiger partial charge in [0.05, 0.1) is 0 Å². The molecule has 3 aromatic rings. The van der Waals surface area contributed by atoms with Crippen LogP contribution in [0.1, 0.15) is 24.3 Å². The number of carbonyl (C=O) groups is 1. The van der Waals surface area contributed by atoms with Crippen molar-refractivity contribution < 1.29 is 18.4 Å². The number of amides is 1. The molecular weight excluding hydrogens is 403 g/mol. The van der Waals surface area contributed by atoms with Crippen LogP contribution < -0.4 is 5.32 Å². The van der Waals surface area contributed by atoms with E-state index in [-0.39, 0.29) is 5.76 Å². The summed E-state index contributed by atoms with van der Waals surface area (Å²) in [4.78, 5) is 12.3. The first-order valence-electron chi connectivity index (χ1n) is 7.90. The molecule has 1 atom stereocenters. The number of rotatable bonds is 4. The van der Waals surface area contributed by atoms with Crippen LogP contribution in [0.4, 0.5) is 14.9 Å². The van der Waals surface area contributed by atoms with Gasteiger partial charge in [-0.25, -0.2) is 9.18 Å². The Hall–Kier alpha value is -2.67. The topological polar surface area (TPSA) is 64.4 Å². The lowest BCUT2D eigenvalue weighted by molar-refractivity contribution is 0.121. The van der Waals surface area contributed by atoms with E-state index in [9.17, 15) is 9.18 Å². The van der Waals surface area contributed by atoms with Crippen LogP contribution in [0.2, 0.25) is 0 Å². The van der Waals surface area contributed by atoms with Crippen LogP contribution in [-0.2, 0) is 4.74 Å². The number of nitrogens with zero attached hydrogens (tertiary/aromatic N) is 1. The smallest absolute Gasteiger partial charge is 0.412 e. The highest BCUT2D eigenvalue weighted by molar-refractivity contribution is 9.10. The van der Waals surface area contributed by atoms with E-state index in [1.165, 1.54) is 12.1 Å². The SMILES string of the molecule is Cc1noc(-c2cccc(F)c2)c1NC(=O)OC(C)c1ccccc1Br. The monoisotopic (exact) mass is 418 g/mol. The maximum absolute atomic E-state index is 13.5. The summed E-state index contributed by atoms with van der Waals surface area (Å²) in [5.74, 6) is -0.139. The van der Waals surface area contributed by atoms with Crippen molar-refractivity contribution in [1.29, 1.82) is 0 Å². The van der Waals surface area contributed by atoms with Gasteiger partial charge in [-0.15, -0.1) is 0 Å². The minimum atomic E-state index is -0.655. The van der Waals surface area contributed by atoms with Gasteiger partial charge in [0.25, 0.3) is 0 Å². The molecule has 2 aromatic carbocycles. The summed E-state index contributed by atoms with van der Waals surface area (Å²) in [5.41, 5.74) is 2.13. The van der Waals surface area contributed by atoms with E-state index in [1.807, 2.05) is 24.3 Å². The van der Waals surface area contributed by atoms with Gasteiger partial charge < -0.3 is 9.26 Å². The summed E-state index contributed by atoms with van der Waals surface area (Å²) in [6, 6.07) is 13.3. The number of nitrogens with one attached hydrogen (secondary N) is 1. The van der Waals surface area contributed by atoms with Crippen LogP contribution in [0.3, 0.4) is 0 Å². The third kappa shape index (κ3) is 3.94. The molecule has 1 aromatic heterocycles. The molecule has 0 saturated heterocycles. The molecule has 0 spiro atoms. The maximum atomic E-state index is 13.5. The largest absolute Gasteiger partial charge is 0.441 e. The summed E-state index contributed by atoms with van der Waals surface area (Å²) in [6.45, 7) is 3.45. The van der Waals surface area contributed by atoms with Gasteiger partial charge in [0.2, 0.25) is 0 Å². The molecule has 0 saturated carbocycles. The lowest BCUT2D eigenvalue weighted by atomic mass is 10.1. The minimum absolute atomic E-state index is 0.271. The van der Waals surface area contributed by atoms with E-state index in [1.54, 1.807) is 26.0 Å². The number of aromatic nitrogens is 1. The van der Waals surface area contributed by atoms with Crippen molar-refractivity contribution in [1.82, 2.24) is 5.16 Å². The number of ether oxygens (including phenoxy) is 1. The Labute approximate surface area is 158 Å². The Morgan fingerprint density at radius 3 is 2.77 bits per heavy atom. The van der Waals surface area contributed by atoms with Gasteiger partial charge in [-0.1, -0.05) is 51.4 Å². The molecule has 1 N–H and O–H groups in total. The molecule has 0 aliphatic heterocycles. The zero-order chi connectivity index (χ0) is 18.7. The zero-order valence-electron chi connectivity index (χ0n) is 14.1. The zero-order valence-corrected chi connectivity index (χ0v) is 15.7. The predicted octanol–water partition coefficient (Wildman–Crippen LogP) is 5.86. The molecule has 0 aliphatic rings. The van der Waals surface area contributed by atoms with E-state index in [4.69, 9.17) is 9.26 Å². The minimum Gasteiger partial charge on any atom is -0.441 e. The van der Waals surface area contributed by atoms with Gasteiger partial charge in [0.1, 0.15) is 23.3 Å². The summed E-state index contributed by atoms with van der Waals surface area (Å²) < 4.78 is 25.0. The summed E-state index contributed by atoms with van der Waals surface area (Å²) >= 11 is 3.44. The second-order valence-corrected chi connectivity index (χ2v) is 6.53. The van der Waals surface area contributed by atoms with Crippen LogP contribution in [0.5, 0.6) is 0 Å². The maximum Gasteiger partial charge on any atom is 0.412 e. The summed E-state index contributed by atoms with van der Waals surface area (Å²) in [5, 5.41) is 6.49. The van der Waals surface area contributed by atoms with Crippen molar-refractivity contribution in [2.75, 3.05) is 5.32 Å². The van der Waals surface area contributed by atoms with Gasteiger partial charge in [0.15, 0.2) is 5.76 Å². The number of halogens is 2. The lowest BCUT2D eigenvalue weighted by Crippen LogP contribution is -2.17. The third-order valence-corrected chi connectivity index (χ3v) is 4.53. The Kier molecular flexibility index (Phi) is 5.37. The molecule has 0 fully saturated rings.